The van der Waals surface area contributed by atoms with Crippen molar-refractivity contribution in [3.8, 4) is 17.1 Å². The van der Waals surface area contributed by atoms with Gasteiger partial charge in [0.25, 0.3) is 5.56 Å². The van der Waals surface area contributed by atoms with Crippen LogP contribution in [-0.2, 0) is 0 Å². The average molecular weight is 553 g/mol. The Hall–Kier alpha value is -5.94. The molecule has 4 aromatic heterocycles. The van der Waals surface area contributed by atoms with E-state index in [2.05, 4.69) is 69.8 Å². The number of para-hydroxylation sites is 4. The third-order valence-electron chi connectivity index (χ3n) is 8.47. The molecule has 202 valence electrons. The number of hydrogen-bond acceptors (Lipinski definition) is 2. The van der Waals surface area contributed by atoms with Crippen LogP contribution in [0.25, 0.3) is 71.7 Å². The highest BCUT2D eigenvalue weighted by Crippen LogP contribution is 2.40. The van der Waals surface area contributed by atoms with Gasteiger partial charge in [0.05, 0.1) is 38.5 Å². The molecule has 9 aromatic rings. The van der Waals surface area contributed by atoms with Gasteiger partial charge in [0.15, 0.2) is 0 Å². The Morgan fingerprint density at radius 1 is 0.442 bits per heavy atom. The third-order valence-corrected chi connectivity index (χ3v) is 8.47. The van der Waals surface area contributed by atoms with Gasteiger partial charge in [0, 0.05) is 39.4 Å². The molecule has 0 spiro atoms. The number of fused-ring (bicyclic) bond motifs is 8. The first-order valence-electron chi connectivity index (χ1n) is 14.4. The fourth-order valence-corrected chi connectivity index (χ4v) is 6.71. The molecule has 0 amide bonds. The van der Waals surface area contributed by atoms with Crippen LogP contribution in [-0.4, -0.2) is 18.7 Å². The molecule has 43 heavy (non-hydrogen) atoms. The maximum atomic E-state index is 14.8. The highest BCUT2D eigenvalue weighted by atomic mass is 16.1. The smallest absolute Gasteiger partial charge is 0.265 e. The van der Waals surface area contributed by atoms with Crippen molar-refractivity contribution < 1.29 is 0 Å². The molecule has 0 atom stereocenters. The van der Waals surface area contributed by atoms with E-state index in [4.69, 9.17) is 4.98 Å². The molecule has 4 heterocycles. The molecular formula is C38H24N4O. The summed E-state index contributed by atoms with van der Waals surface area (Å²) < 4.78 is 6.37. The largest absolute Gasteiger partial charge is 0.308 e. The van der Waals surface area contributed by atoms with Crippen LogP contribution in [0.1, 0.15) is 0 Å². The van der Waals surface area contributed by atoms with Crippen LogP contribution in [0.5, 0.6) is 0 Å². The van der Waals surface area contributed by atoms with Crippen LogP contribution in [0, 0.1) is 0 Å². The second-order valence-corrected chi connectivity index (χ2v) is 10.8. The molecule has 5 aromatic carbocycles. The van der Waals surface area contributed by atoms with Gasteiger partial charge < -0.3 is 9.13 Å². The second-order valence-electron chi connectivity index (χ2n) is 10.8. The summed E-state index contributed by atoms with van der Waals surface area (Å²) in [6.07, 6.45) is 1.84. The van der Waals surface area contributed by atoms with Crippen molar-refractivity contribution in [3.63, 3.8) is 0 Å². The molecule has 9 rings (SSSR count). The summed E-state index contributed by atoms with van der Waals surface area (Å²) in [5.74, 6) is 0. The maximum Gasteiger partial charge on any atom is 0.265 e. The van der Waals surface area contributed by atoms with Crippen molar-refractivity contribution in [2.75, 3.05) is 0 Å². The van der Waals surface area contributed by atoms with E-state index >= 15 is 0 Å². The van der Waals surface area contributed by atoms with E-state index in [9.17, 15) is 4.79 Å². The number of benzene rings is 5. The monoisotopic (exact) mass is 552 g/mol. The van der Waals surface area contributed by atoms with Crippen molar-refractivity contribution in [2.45, 2.75) is 0 Å². The molecule has 0 fully saturated rings. The maximum absolute atomic E-state index is 14.8. The van der Waals surface area contributed by atoms with Gasteiger partial charge in [-0.1, -0.05) is 72.8 Å². The first kappa shape index (κ1) is 23.7. The van der Waals surface area contributed by atoms with Crippen LogP contribution >= 0.6 is 0 Å². The number of rotatable bonds is 3. The van der Waals surface area contributed by atoms with Crippen molar-refractivity contribution >= 4 is 54.6 Å². The Morgan fingerprint density at radius 2 is 1.00 bits per heavy atom. The molecule has 0 radical (unpaired) electrons. The topological polar surface area (TPSA) is 44.8 Å². The van der Waals surface area contributed by atoms with Crippen LogP contribution in [0.3, 0.4) is 0 Å². The van der Waals surface area contributed by atoms with Gasteiger partial charge in [0.2, 0.25) is 0 Å². The SMILES string of the molecule is O=c1c2c3cc4c5ncccc5n(-c5ccccc5)c4cc3n(-c3ccccc3)c2c2ccccc2n1-c1ccccc1. The number of nitrogens with zero attached hydrogens (tertiary/aromatic N) is 4. The Morgan fingerprint density at radius 3 is 1.70 bits per heavy atom. The average Bonchev–Trinajstić information content (AvgIpc) is 3.58. The Balaban J connectivity index is 1.56. The van der Waals surface area contributed by atoms with Crippen LogP contribution < -0.4 is 5.56 Å². The quantitative estimate of drug-likeness (QED) is 0.220. The van der Waals surface area contributed by atoms with E-state index in [1.165, 1.54) is 0 Å². The number of aromatic nitrogens is 4. The van der Waals surface area contributed by atoms with Crippen molar-refractivity contribution in [1.82, 2.24) is 18.7 Å². The molecule has 5 heteroatoms. The Bertz CT molecular complexity index is 2560. The lowest BCUT2D eigenvalue weighted by Gasteiger charge is -2.14. The minimum Gasteiger partial charge on any atom is -0.308 e. The van der Waals surface area contributed by atoms with Crippen LogP contribution in [0.4, 0.5) is 0 Å². The van der Waals surface area contributed by atoms with Crippen LogP contribution in [0.15, 0.2) is 151 Å². The standard InChI is InChI=1S/C38H24N4O/c43-38-35-29-23-30-34(40(25-13-4-1-5-14-25)32-21-12-22-39-36(30)32)24-33(29)41(26-15-6-2-7-16-26)37(35)28-19-10-11-20-31(28)42(38)27-17-8-3-9-18-27/h1-24H. The highest BCUT2D eigenvalue weighted by molar-refractivity contribution is 6.22. The molecule has 0 unspecified atom stereocenters. The minimum absolute atomic E-state index is 0.0429. The predicted octanol–water partition coefficient (Wildman–Crippen LogP) is 8.58. The Labute approximate surface area is 246 Å². The van der Waals surface area contributed by atoms with E-state index in [0.717, 1.165) is 66.3 Å². The zero-order chi connectivity index (χ0) is 28.5. The highest BCUT2D eigenvalue weighted by Gasteiger charge is 2.23. The molecule has 0 saturated carbocycles. The molecule has 0 saturated heterocycles. The number of pyridine rings is 2. The summed E-state index contributed by atoms with van der Waals surface area (Å²) in [5.41, 5.74) is 8.60. The summed E-state index contributed by atoms with van der Waals surface area (Å²) >= 11 is 0. The summed E-state index contributed by atoms with van der Waals surface area (Å²) in [4.78, 5) is 19.6. The predicted molar refractivity (Wildman–Crippen MR) is 176 cm³/mol. The fraction of sp³-hybridized carbons (Fsp3) is 0. The molecule has 5 nitrogen and oxygen atoms in total. The lowest BCUT2D eigenvalue weighted by atomic mass is 10.1. The first-order valence-corrected chi connectivity index (χ1v) is 14.4. The summed E-state index contributed by atoms with van der Waals surface area (Å²) in [7, 11) is 0. The number of hydrogen-bond donors (Lipinski definition) is 0. The van der Waals surface area contributed by atoms with Crippen LogP contribution in [0.2, 0.25) is 0 Å². The molecular weight excluding hydrogens is 528 g/mol. The lowest BCUT2D eigenvalue weighted by Crippen LogP contribution is -2.19. The normalized spacial score (nSPS) is 11.8. The summed E-state index contributed by atoms with van der Waals surface area (Å²) in [6.45, 7) is 0. The van der Waals surface area contributed by atoms with E-state index in [-0.39, 0.29) is 5.56 Å². The van der Waals surface area contributed by atoms with E-state index in [1.54, 1.807) is 0 Å². The van der Waals surface area contributed by atoms with Crippen molar-refractivity contribution in [2.24, 2.45) is 0 Å². The van der Waals surface area contributed by atoms with Gasteiger partial charge in [0.1, 0.15) is 0 Å². The van der Waals surface area contributed by atoms with Gasteiger partial charge in [-0.3, -0.25) is 14.3 Å². The minimum atomic E-state index is -0.0429. The molecule has 0 aliphatic carbocycles. The second kappa shape index (κ2) is 9.03. The molecule has 0 bridgehead atoms. The third kappa shape index (κ3) is 3.33. The van der Waals surface area contributed by atoms with Gasteiger partial charge in [-0.05, 0) is 66.7 Å². The van der Waals surface area contributed by atoms with E-state index in [1.807, 2.05) is 89.6 Å². The lowest BCUT2D eigenvalue weighted by molar-refractivity contribution is 1.06. The van der Waals surface area contributed by atoms with Crippen molar-refractivity contribution in [3.05, 3.63) is 156 Å². The van der Waals surface area contributed by atoms with Gasteiger partial charge in [-0.15, -0.1) is 0 Å². The van der Waals surface area contributed by atoms with E-state index < -0.39 is 0 Å². The molecule has 0 aliphatic rings. The molecule has 0 aliphatic heterocycles. The molecule has 0 N–H and O–H groups in total. The van der Waals surface area contributed by atoms with E-state index in [0.29, 0.717) is 5.39 Å². The summed E-state index contributed by atoms with van der Waals surface area (Å²) in [6, 6.07) is 47.3. The van der Waals surface area contributed by atoms with Gasteiger partial charge >= 0.3 is 0 Å². The fourth-order valence-electron chi connectivity index (χ4n) is 6.71. The Kier molecular flexibility index (Phi) is 4.98. The zero-order valence-electron chi connectivity index (χ0n) is 23.1. The summed E-state index contributed by atoms with van der Waals surface area (Å²) in [5, 5.41) is 3.63. The van der Waals surface area contributed by atoms with Gasteiger partial charge in [-0.2, -0.15) is 0 Å². The first-order chi connectivity index (χ1) is 21.3. The van der Waals surface area contributed by atoms with Gasteiger partial charge in [-0.25, -0.2) is 0 Å². The zero-order valence-corrected chi connectivity index (χ0v) is 23.1. The van der Waals surface area contributed by atoms with Crippen molar-refractivity contribution in [1.29, 1.82) is 0 Å².